The van der Waals surface area contributed by atoms with E-state index in [-0.39, 0.29) is 11.8 Å². The number of carbonyl (C=O) groups is 1. The Labute approximate surface area is 178 Å². The van der Waals surface area contributed by atoms with Gasteiger partial charge in [0, 0.05) is 19.0 Å². The standard InChI is InChI=1S/C26H30N2O2/c1-28(19-23-10-4-7-21-6-2-3-11-25(21)23)18-20-12-14-24(15-13-20)30-17-16-27-26(29)22-8-5-9-22/h2-4,6-7,10-15,22H,5,8-9,16-19H2,1H3,(H,27,29). The molecule has 4 heteroatoms. The number of fused-ring (bicyclic) bond motifs is 1. The molecule has 1 N–H and O–H groups in total. The lowest BCUT2D eigenvalue weighted by atomic mass is 9.85. The molecule has 30 heavy (non-hydrogen) atoms. The molecule has 0 aromatic heterocycles. The van der Waals surface area contributed by atoms with Crippen molar-refractivity contribution in [3.05, 3.63) is 77.9 Å². The molecule has 0 heterocycles. The number of ether oxygens (including phenoxy) is 1. The number of carbonyl (C=O) groups excluding carboxylic acids is 1. The average Bonchev–Trinajstić information content (AvgIpc) is 2.71. The van der Waals surface area contributed by atoms with E-state index in [1.165, 1.54) is 28.3 Å². The van der Waals surface area contributed by atoms with Gasteiger partial charge in [0.15, 0.2) is 0 Å². The highest BCUT2D eigenvalue weighted by Gasteiger charge is 2.24. The second-order valence-corrected chi connectivity index (χ2v) is 8.22. The van der Waals surface area contributed by atoms with E-state index in [0.717, 1.165) is 31.7 Å². The fraction of sp³-hybridized carbons (Fsp3) is 0.346. The van der Waals surface area contributed by atoms with Gasteiger partial charge in [0.25, 0.3) is 0 Å². The van der Waals surface area contributed by atoms with Gasteiger partial charge in [-0.25, -0.2) is 0 Å². The van der Waals surface area contributed by atoms with Crippen LogP contribution in [0.2, 0.25) is 0 Å². The lowest BCUT2D eigenvalue weighted by Gasteiger charge is -2.24. The molecule has 0 atom stereocenters. The third-order valence-electron chi connectivity index (χ3n) is 5.84. The first-order valence-electron chi connectivity index (χ1n) is 10.8. The number of benzene rings is 3. The molecule has 1 aliphatic rings. The summed E-state index contributed by atoms with van der Waals surface area (Å²) < 4.78 is 5.76. The molecule has 0 unspecified atom stereocenters. The average molecular weight is 403 g/mol. The zero-order chi connectivity index (χ0) is 20.8. The third-order valence-corrected chi connectivity index (χ3v) is 5.84. The maximum atomic E-state index is 11.8. The Bertz CT molecular complexity index is 974. The van der Waals surface area contributed by atoms with Gasteiger partial charge in [0.05, 0.1) is 6.54 Å². The summed E-state index contributed by atoms with van der Waals surface area (Å²) in [5.74, 6) is 1.25. The first-order chi connectivity index (χ1) is 14.7. The summed E-state index contributed by atoms with van der Waals surface area (Å²) in [6, 6.07) is 23.3. The number of nitrogens with zero attached hydrogens (tertiary/aromatic N) is 1. The van der Waals surface area contributed by atoms with Crippen molar-refractivity contribution in [3.8, 4) is 5.75 Å². The molecular weight excluding hydrogens is 372 g/mol. The Hall–Kier alpha value is -2.85. The Balaban J connectivity index is 1.24. The van der Waals surface area contributed by atoms with E-state index < -0.39 is 0 Å². The highest BCUT2D eigenvalue weighted by molar-refractivity contribution is 5.85. The van der Waals surface area contributed by atoms with Crippen LogP contribution in [0.1, 0.15) is 30.4 Å². The third kappa shape index (κ3) is 5.19. The van der Waals surface area contributed by atoms with Gasteiger partial charge >= 0.3 is 0 Å². The molecule has 3 aromatic carbocycles. The molecule has 0 saturated heterocycles. The van der Waals surface area contributed by atoms with Gasteiger partial charge in [-0.1, -0.05) is 61.0 Å². The Kier molecular flexibility index (Phi) is 6.65. The summed E-state index contributed by atoms with van der Waals surface area (Å²) in [4.78, 5) is 14.1. The number of amides is 1. The smallest absolute Gasteiger partial charge is 0.223 e. The highest BCUT2D eigenvalue weighted by Crippen LogP contribution is 2.26. The maximum Gasteiger partial charge on any atom is 0.223 e. The molecule has 156 valence electrons. The molecule has 0 radical (unpaired) electrons. The van der Waals surface area contributed by atoms with E-state index in [1.54, 1.807) is 0 Å². The predicted octanol–water partition coefficient (Wildman–Crippen LogP) is 4.77. The summed E-state index contributed by atoms with van der Waals surface area (Å²) in [6.07, 6.45) is 3.24. The van der Waals surface area contributed by atoms with Gasteiger partial charge in [-0.3, -0.25) is 9.69 Å². The van der Waals surface area contributed by atoms with Crippen molar-refractivity contribution in [2.45, 2.75) is 32.4 Å². The molecule has 3 aromatic rings. The van der Waals surface area contributed by atoms with Crippen LogP contribution < -0.4 is 10.1 Å². The minimum absolute atomic E-state index is 0.175. The van der Waals surface area contributed by atoms with Crippen LogP contribution in [-0.2, 0) is 17.9 Å². The Morgan fingerprint density at radius 2 is 1.77 bits per heavy atom. The van der Waals surface area contributed by atoms with Gasteiger partial charge in [-0.2, -0.15) is 0 Å². The van der Waals surface area contributed by atoms with Crippen LogP contribution >= 0.6 is 0 Å². The van der Waals surface area contributed by atoms with Crippen molar-refractivity contribution in [3.63, 3.8) is 0 Å². The summed E-state index contributed by atoms with van der Waals surface area (Å²) in [5.41, 5.74) is 2.60. The van der Waals surface area contributed by atoms with Crippen LogP contribution in [0.25, 0.3) is 10.8 Å². The largest absolute Gasteiger partial charge is 0.492 e. The number of nitrogens with one attached hydrogen (secondary N) is 1. The van der Waals surface area contributed by atoms with Crippen LogP contribution in [0.5, 0.6) is 5.75 Å². The van der Waals surface area contributed by atoms with Gasteiger partial charge in [-0.15, -0.1) is 0 Å². The van der Waals surface area contributed by atoms with Crippen molar-refractivity contribution in [1.82, 2.24) is 10.2 Å². The molecule has 4 rings (SSSR count). The van der Waals surface area contributed by atoms with E-state index in [1.807, 2.05) is 12.1 Å². The molecule has 0 aliphatic heterocycles. The van der Waals surface area contributed by atoms with Crippen molar-refractivity contribution >= 4 is 16.7 Å². The van der Waals surface area contributed by atoms with Crippen molar-refractivity contribution in [2.75, 3.05) is 20.2 Å². The van der Waals surface area contributed by atoms with Gasteiger partial charge in [-0.05, 0) is 53.9 Å². The molecule has 1 fully saturated rings. The molecule has 1 amide bonds. The number of hydrogen-bond acceptors (Lipinski definition) is 3. The van der Waals surface area contributed by atoms with Crippen LogP contribution in [0.4, 0.5) is 0 Å². The van der Waals surface area contributed by atoms with Crippen molar-refractivity contribution < 1.29 is 9.53 Å². The van der Waals surface area contributed by atoms with E-state index in [4.69, 9.17) is 4.74 Å². The Morgan fingerprint density at radius 3 is 2.53 bits per heavy atom. The second-order valence-electron chi connectivity index (χ2n) is 8.22. The molecule has 0 spiro atoms. The summed E-state index contributed by atoms with van der Waals surface area (Å²) in [5, 5.41) is 5.56. The number of rotatable bonds is 9. The van der Waals surface area contributed by atoms with Gasteiger partial charge < -0.3 is 10.1 Å². The van der Waals surface area contributed by atoms with Crippen LogP contribution in [-0.4, -0.2) is 31.0 Å². The van der Waals surface area contributed by atoms with Crippen LogP contribution in [0.15, 0.2) is 66.7 Å². The fourth-order valence-corrected chi connectivity index (χ4v) is 3.94. The zero-order valence-corrected chi connectivity index (χ0v) is 17.6. The monoisotopic (exact) mass is 402 g/mol. The molecule has 1 saturated carbocycles. The normalized spacial score (nSPS) is 13.9. The molecular formula is C26H30N2O2. The predicted molar refractivity (Wildman–Crippen MR) is 121 cm³/mol. The maximum absolute atomic E-state index is 11.8. The fourth-order valence-electron chi connectivity index (χ4n) is 3.94. The minimum Gasteiger partial charge on any atom is -0.492 e. The highest BCUT2D eigenvalue weighted by atomic mass is 16.5. The SMILES string of the molecule is CN(Cc1ccc(OCCNC(=O)C2CCC2)cc1)Cc1cccc2ccccc12. The van der Waals surface area contributed by atoms with E-state index in [0.29, 0.717) is 13.2 Å². The van der Waals surface area contributed by atoms with Gasteiger partial charge in [0.2, 0.25) is 5.91 Å². The minimum atomic E-state index is 0.175. The topological polar surface area (TPSA) is 41.6 Å². The zero-order valence-electron chi connectivity index (χ0n) is 17.6. The lowest BCUT2D eigenvalue weighted by Crippen LogP contribution is -2.36. The molecule has 4 nitrogen and oxygen atoms in total. The van der Waals surface area contributed by atoms with E-state index in [9.17, 15) is 4.79 Å². The van der Waals surface area contributed by atoms with Crippen molar-refractivity contribution in [2.24, 2.45) is 5.92 Å². The van der Waals surface area contributed by atoms with Crippen LogP contribution in [0, 0.1) is 5.92 Å². The van der Waals surface area contributed by atoms with Crippen LogP contribution in [0.3, 0.4) is 0 Å². The summed E-state index contributed by atoms with van der Waals surface area (Å²) in [6.45, 7) is 2.84. The quantitative estimate of drug-likeness (QED) is 0.525. The molecule has 1 aliphatic carbocycles. The van der Waals surface area contributed by atoms with E-state index in [2.05, 4.69) is 71.9 Å². The lowest BCUT2D eigenvalue weighted by molar-refractivity contribution is -0.127. The number of hydrogen-bond donors (Lipinski definition) is 1. The second kappa shape index (κ2) is 9.77. The summed E-state index contributed by atoms with van der Waals surface area (Å²) >= 11 is 0. The first-order valence-corrected chi connectivity index (χ1v) is 10.8. The Morgan fingerprint density at radius 1 is 1.00 bits per heavy atom. The van der Waals surface area contributed by atoms with Gasteiger partial charge in [0.1, 0.15) is 12.4 Å². The van der Waals surface area contributed by atoms with E-state index >= 15 is 0 Å². The summed E-state index contributed by atoms with van der Waals surface area (Å²) in [7, 11) is 2.15. The van der Waals surface area contributed by atoms with Crippen molar-refractivity contribution in [1.29, 1.82) is 0 Å². The molecule has 0 bridgehead atoms. The first kappa shape index (κ1) is 20.4.